The van der Waals surface area contributed by atoms with Gasteiger partial charge in [0.25, 0.3) is 0 Å². The molecule has 1 saturated heterocycles. The lowest BCUT2D eigenvalue weighted by molar-refractivity contribution is -0.157. The van der Waals surface area contributed by atoms with E-state index in [2.05, 4.69) is 4.74 Å². The average Bonchev–Trinajstić information content (AvgIpc) is 2.94. The zero-order valence-corrected chi connectivity index (χ0v) is 11.3. The van der Waals surface area contributed by atoms with Crippen molar-refractivity contribution in [1.82, 2.24) is 5.06 Å². The topological polar surface area (TPSA) is 65.1 Å². The second-order valence-corrected chi connectivity index (χ2v) is 4.44. The van der Waals surface area contributed by atoms with Gasteiger partial charge in [-0.15, -0.1) is 0 Å². The van der Waals surface area contributed by atoms with Crippen LogP contribution in [0.3, 0.4) is 0 Å². The number of benzene rings is 1. The van der Waals surface area contributed by atoms with E-state index in [1.165, 1.54) is 7.11 Å². The summed E-state index contributed by atoms with van der Waals surface area (Å²) in [5.74, 6) is -0.342. The Balaban J connectivity index is 1.72. The van der Waals surface area contributed by atoms with Crippen LogP contribution in [0, 0.1) is 0 Å². The highest BCUT2D eigenvalue weighted by Gasteiger charge is 2.30. The van der Waals surface area contributed by atoms with Gasteiger partial charge in [-0.25, -0.2) is 4.79 Å². The SMILES string of the molecule is COC(=O)N1CCC(CC(=O)OCc2ccccc2)O1. The molecular formula is C14H17NO5. The van der Waals surface area contributed by atoms with E-state index in [-0.39, 0.29) is 25.1 Å². The zero-order chi connectivity index (χ0) is 14.4. The van der Waals surface area contributed by atoms with E-state index >= 15 is 0 Å². The van der Waals surface area contributed by atoms with Gasteiger partial charge in [0.15, 0.2) is 0 Å². The Morgan fingerprint density at radius 3 is 2.80 bits per heavy atom. The first-order valence-corrected chi connectivity index (χ1v) is 6.41. The number of hydroxylamine groups is 2. The Morgan fingerprint density at radius 2 is 2.10 bits per heavy atom. The predicted octanol–water partition coefficient (Wildman–Crippen LogP) is 1.89. The molecule has 6 heteroatoms. The molecule has 0 saturated carbocycles. The summed E-state index contributed by atoms with van der Waals surface area (Å²) in [5.41, 5.74) is 0.935. The maximum absolute atomic E-state index is 11.7. The van der Waals surface area contributed by atoms with Crippen LogP contribution in [0.15, 0.2) is 30.3 Å². The maximum Gasteiger partial charge on any atom is 0.433 e. The first-order chi connectivity index (χ1) is 9.69. The van der Waals surface area contributed by atoms with Crippen molar-refractivity contribution in [2.45, 2.75) is 25.6 Å². The molecule has 1 aromatic carbocycles. The number of nitrogens with zero attached hydrogens (tertiary/aromatic N) is 1. The third-order valence-corrected chi connectivity index (χ3v) is 2.95. The van der Waals surface area contributed by atoms with Crippen molar-refractivity contribution in [1.29, 1.82) is 0 Å². The quantitative estimate of drug-likeness (QED) is 0.787. The number of hydrogen-bond acceptors (Lipinski definition) is 5. The van der Waals surface area contributed by atoms with E-state index < -0.39 is 6.09 Å². The second kappa shape index (κ2) is 6.91. The largest absolute Gasteiger partial charge is 0.461 e. The van der Waals surface area contributed by atoms with Gasteiger partial charge < -0.3 is 9.47 Å². The van der Waals surface area contributed by atoms with Crippen LogP contribution in [0.4, 0.5) is 4.79 Å². The minimum absolute atomic E-state index is 0.125. The van der Waals surface area contributed by atoms with E-state index in [1.54, 1.807) is 0 Å². The summed E-state index contributed by atoms with van der Waals surface area (Å²) in [5, 5.41) is 1.12. The number of rotatable bonds is 4. The van der Waals surface area contributed by atoms with Crippen molar-refractivity contribution in [3.8, 4) is 0 Å². The number of esters is 1. The van der Waals surface area contributed by atoms with Gasteiger partial charge in [-0.1, -0.05) is 30.3 Å². The van der Waals surface area contributed by atoms with Crippen molar-refractivity contribution >= 4 is 12.1 Å². The Morgan fingerprint density at radius 1 is 1.35 bits per heavy atom. The van der Waals surface area contributed by atoms with Gasteiger partial charge in [-0.05, 0) is 12.0 Å². The molecule has 0 aliphatic carbocycles. The molecule has 0 N–H and O–H groups in total. The molecule has 1 heterocycles. The number of methoxy groups -OCH3 is 1. The number of carbonyl (C=O) groups excluding carboxylic acids is 2. The molecule has 0 aromatic heterocycles. The molecule has 2 rings (SSSR count). The molecule has 0 spiro atoms. The van der Waals surface area contributed by atoms with Crippen molar-refractivity contribution in [3.63, 3.8) is 0 Å². The molecule has 108 valence electrons. The minimum Gasteiger partial charge on any atom is -0.461 e. The maximum atomic E-state index is 11.7. The fraction of sp³-hybridized carbons (Fsp3) is 0.429. The number of carbonyl (C=O) groups is 2. The van der Waals surface area contributed by atoms with Crippen LogP contribution < -0.4 is 0 Å². The fourth-order valence-corrected chi connectivity index (χ4v) is 1.90. The van der Waals surface area contributed by atoms with E-state index in [9.17, 15) is 9.59 Å². The number of amides is 1. The van der Waals surface area contributed by atoms with Crippen LogP contribution >= 0.6 is 0 Å². The second-order valence-electron chi connectivity index (χ2n) is 4.44. The van der Waals surface area contributed by atoms with Crippen molar-refractivity contribution < 1.29 is 23.9 Å². The zero-order valence-electron chi connectivity index (χ0n) is 11.3. The first-order valence-electron chi connectivity index (χ1n) is 6.41. The van der Waals surface area contributed by atoms with Gasteiger partial charge >= 0.3 is 12.1 Å². The van der Waals surface area contributed by atoms with Crippen LogP contribution in [0.2, 0.25) is 0 Å². The molecule has 1 aliphatic rings. The highest BCUT2D eigenvalue weighted by molar-refractivity contribution is 5.70. The van der Waals surface area contributed by atoms with Gasteiger partial charge in [-0.3, -0.25) is 9.63 Å². The van der Waals surface area contributed by atoms with Crippen LogP contribution in [-0.4, -0.2) is 36.9 Å². The van der Waals surface area contributed by atoms with Gasteiger partial charge in [0, 0.05) is 0 Å². The molecule has 0 bridgehead atoms. The highest BCUT2D eigenvalue weighted by Crippen LogP contribution is 2.18. The van der Waals surface area contributed by atoms with Crippen LogP contribution in [0.1, 0.15) is 18.4 Å². The average molecular weight is 279 g/mol. The van der Waals surface area contributed by atoms with Crippen molar-refractivity contribution in [2.75, 3.05) is 13.7 Å². The lowest BCUT2D eigenvalue weighted by Crippen LogP contribution is -2.27. The lowest BCUT2D eigenvalue weighted by Gasteiger charge is -2.14. The normalized spacial score (nSPS) is 17.9. The molecule has 20 heavy (non-hydrogen) atoms. The number of ether oxygens (including phenoxy) is 2. The number of hydrogen-bond donors (Lipinski definition) is 0. The summed E-state index contributed by atoms with van der Waals surface area (Å²) in [6.45, 7) is 0.663. The molecule has 1 amide bonds. The van der Waals surface area contributed by atoms with Gasteiger partial charge in [-0.2, -0.15) is 5.06 Å². The smallest absolute Gasteiger partial charge is 0.433 e. The standard InChI is InChI=1S/C14H17NO5/c1-18-14(17)15-8-7-12(20-15)9-13(16)19-10-11-5-3-2-4-6-11/h2-6,12H,7-10H2,1H3. The third kappa shape index (κ3) is 3.96. The molecule has 1 aliphatic heterocycles. The van der Waals surface area contributed by atoms with E-state index in [0.717, 1.165) is 10.6 Å². The molecular weight excluding hydrogens is 262 g/mol. The van der Waals surface area contributed by atoms with E-state index in [0.29, 0.717) is 13.0 Å². The Hall–Kier alpha value is -2.08. The molecule has 0 radical (unpaired) electrons. The minimum atomic E-state index is -0.551. The summed E-state index contributed by atoms with van der Waals surface area (Å²) in [7, 11) is 1.28. The Labute approximate surface area is 117 Å². The fourth-order valence-electron chi connectivity index (χ4n) is 1.90. The van der Waals surface area contributed by atoms with E-state index in [4.69, 9.17) is 9.57 Å². The van der Waals surface area contributed by atoms with E-state index in [1.807, 2.05) is 30.3 Å². The summed E-state index contributed by atoms with van der Waals surface area (Å²) >= 11 is 0. The lowest BCUT2D eigenvalue weighted by atomic mass is 10.2. The molecule has 1 aromatic rings. The summed E-state index contributed by atoms with van der Waals surface area (Å²) in [6.07, 6.45) is -0.168. The molecule has 1 atom stereocenters. The molecule has 1 unspecified atom stereocenters. The highest BCUT2D eigenvalue weighted by atomic mass is 16.7. The van der Waals surface area contributed by atoms with Crippen LogP contribution in [-0.2, 0) is 25.7 Å². The van der Waals surface area contributed by atoms with Gasteiger partial charge in [0.2, 0.25) is 0 Å². The van der Waals surface area contributed by atoms with Crippen LogP contribution in [0.25, 0.3) is 0 Å². The van der Waals surface area contributed by atoms with Gasteiger partial charge in [0.05, 0.1) is 26.2 Å². The van der Waals surface area contributed by atoms with Crippen molar-refractivity contribution in [3.05, 3.63) is 35.9 Å². The van der Waals surface area contributed by atoms with Crippen LogP contribution in [0.5, 0.6) is 0 Å². The monoisotopic (exact) mass is 279 g/mol. The van der Waals surface area contributed by atoms with Crippen molar-refractivity contribution in [2.24, 2.45) is 0 Å². The Kier molecular flexibility index (Phi) is 4.95. The molecule has 1 fully saturated rings. The predicted molar refractivity (Wildman–Crippen MR) is 69.5 cm³/mol. The Bertz CT molecular complexity index is 462. The summed E-state index contributed by atoms with van der Waals surface area (Å²) in [4.78, 5) is 28.2. The summed E-state index contributed by atoms with van der Waals surface area (Å²) < 4.78 is 9.70. The first kappa shape index (κ1) is 14.3. The summed E-state index contributed by atoms with van der Waals surface area (Å²) in [6, 6.07) is 9.45. The van der Waals surface area contributed by atoms with Gasteiger partial charge in [0.1, 0.15) is 6.61 Å². The molecule has 6 nitrogen and oxygen atoms in total. The third-order valence-electron chi connectivity index (χ3n) is 2.95.